The lowest BCUT2D eigenvalue weighted by atomic mass is 9.83. The van der Waals surface area contributed by atoms with Crippen LogP contribution in [0, 0.1) is 23.7 Å². The molecule has 2 heterocycles. The molecule has 0 spiro atoms. The lowest BCUT2D eigenvalue weighted by Crippen LogP contribution is -2.59. The Bertz CT molecular complexity index is 650. The Balaban J connectivity index is 1.67. The minimum absolute atomic E-state index is 0.0318. The molecule has 3 aliphatic rings. The topological polar surface area (TPSA) is 155 Å². The molecule has 0 radical (unpaired) electrons. The van der Waals surface area contributed by atoms with Crippen LogP contribution < -0.4 is 0 Å². The molecule has 0 amide bonds. The van der Waals surface area contributed by atoms with E-state index in [1.54, 1.807) is 0 Å². The van der Waals surface area contributed by atoms with Crippen LogP contribution in [0.4, 0.5) is 0 Å². The maximum atomic E-state index is 12.1. The summed E-state index contributed by atoms with van der Waals surface area (Å²) >= 11 is 0. The Morgan fingerprint density at radius 1 is 1.16 bits per heavy atom. The predicted octanol–water partition coefficient (Wildman–Crippen LogP) is -0.734. The van der Waals surface area contributed by atoms with Crippen molar-refractivity contribution in [2.75, 3.05) is 13.2 Å². The van der Waals surface area contributed by atoms with Crippen LogP contribution in [0.3, 0.4) is 0 Å². The van der Waals surface area contributed by atoms with Crippen LogP contribution >= 0.6 is 0 Å². The van der Waals surface area contributed by atoms with E-state index in [-0.39, 0.29) is 42.7 Å². The number of hydrogen-bond donors (Lipinski definition) is 5. The van der Waals surface area contributed by atoms with Gasteiger partial charge in [-0.2, -0.15) is 0 Å². The van der Waals surface area contributed by atoms with Crippen molar-refractivity contribution in [1.29, 1.82) is 0 Å². The molecule has 3 rings (SSSR count). The third-order valence-corrected chi connectivity index (χ3v) is 6.40. The molecule has 1 saturated heterocycles. The normalized spacial score (nSPS) is 42.7. The molecule has 178 valence electrons. The van der Waals surface area contributed by atoms with Crippen molar-refractivity contribution in [2.24, 2.45) is 23.7 Å². The average molecular weight is 446 g/mol. The molecule has 0 bridgehead atoms. The highest BCUT2D eigenvalue weighted by Gasteiger charge is 2.50. The summed E-state index contributed by atoms with van der Waals surface area (Å²) in [4.78, 5) is 12.1. The number of esters is 1. The van der Waals surface area contributed by atoms with Gasteiger partial charge in [-0.05, 0) is 29.7 Å². The van der Waals surface area contributed by atoms with Gasteiger partial charge in [0.15, 0.2) is 6.29 Å². The Morgan fingerprint density at radius 2 is 1.87 bits per heavy atom. The number of carbonyl (C=O) groups is 1. The Morgan fingerprint density at radius 3 is 2.52 bits per heavy atom. The minimum Gasteiger partial charge on any atom is -0.462 e. The van der Waals surface area contributed by atoms with Gasteiger partial charge in [-0.1, -0.05) is 20.8 Å². The molecule has 10 atom stereocenters. The fraction of sp³-hybridized carbons (Fsp3) is 0.857. The van der Waals surface area contributed by atoms with Gasteiger partial charge in [0.25, 0.3) is 0 Å². The first-order valence-electron chi connectivity index (χ1n) is 10.8. The van der Waals surface area contributed by atoms with Crippen molar-refractivity contribution in [3.05, 3.63) is 11.8 Å². The highest BCUT2D eigenvalue weighted by Crippen LogP contribution is 2.47. The zero-order chi connectivity index (χ0) is 22.9. The molecule has 31 heavy (non-hydrogen) atoms. The summed E-state index contributed by atoms with van der Waals surface area (Å²) in [6, 6.07) is 0. The summed E-state index contributed by atoms with van der Waals surface area (Å²) in [5.41, 5.74) is 0.696. The zero-order valence-electron chi connectivity index (χ0n) is 18.0. The van der Waals surface area contributed by atoms with Crippen molar-refractivity contribution in [3.63, 3.8) is 0 Å². The number of carbonyl (C=O) groups excluding carboxylic acids is 1. The fourth-order valence-corrected chi connectivity index (χ4v) is 4.57. The minimum atomic E-state index is -1.53. The van der Waals surface area contributed by atoms with Gasteiger partial charge in [0.1, 0.15) is 24.4 Å². The number of fused-ring (bicyclic) bond motifs is 1. The van der Waals surface area contributed by atoms with Crippen LogP contribution in [0.2, 0.25) is 0 Å². The zero-order valence-corrected chi connectivity index (χ0v) is 18.0. The maximum absolute atomic E-state index is 12.1. The second kappa shape index (κ2) is 10.1. The van der Waals surface area contributed by atoms with Gasteiger partial charge in [0.2, 0.25) is 6.29 Å². The van der Waals surface area contributed by atoms with E-state index in [2.05, 4.69) is 0 Å². The fourth-order valence-electron chi connectivity index (χ4n) is 4.57. The van der Waals surface area contributed by atoms with E-state index in [0.717, 1.165) is 0 Å². The second-order valence-electron chi connectivity index (χ2n) is 9.14. The molecule has 0 aromatic rings. The van der Waals surface area contributed by atoms with E-state index in [1.807, 2.05) is 20.8 Å². The van der Waals surface area contributed by atoms with Crippen LogP contribution in [0.15, 0.2) is 11.8 Å². The lowest BCUT2D eigenvalue weighted by Gasteiger charge is -2.40. The van der Waals surface area contributed by atoms with Gasteiger partial charge in [-0.15, -0.1) is 0 Å². The van der Waals surface area contributed by atoms with Crippen molar-refractivity contribution >= 4 is 5.97 Å². The predicted molar refractivity (Wildman–Crippen MR) is 105 cm³/mol. The highest BCUT2D eigenvalue weighted by atomic mass is 16.7. The first kappa shape index (κ1) is 24.4. The number of aliphatic hydroxyl groups excluding tert-OH is 5. The van der Waals surface area contributed by atoms with Gasteiger partial charge < -0.3 is 44.5 Å². The van der Waals surface area contributed by atoms with Gasteiger partial charge in [-0.3, -0.25) is 4.79 Å². The third kappa shape index (κ3) is 5.22. The molecule has 2 fully saturated rings. The van der Waals surface area contributed by atoms with E-state index in [4.69, 9.17) is 18.9 Å². The number of hydrogen-bond acceptors (Lipinski definition) is 10. The van der Waals surface area contributed by atoms with Crippen LogP contribution in [-0.2, 0) is 23.7 Å². The Labute approximate surface area is 181 Å². The summed E-state index contributed by atoms with van der Waals surface area (Å²) in [7, 11) is 0. The number of ether oxygens (including phenoxy) is 4. The molecule has 5 N–H and O–H groups in total. The third-order valence-electron chi connectivity index (χ3n) is 6.40. The Hall–Kier alpha value is -1.27. The van der Waals surface area contributed by atoms with Gasteiger partial charge in [0.05, 0.1) is 25.6 Å². The summed E-state index contributed by atoms with van der Waals surface area (Å²) in [5, 5.41) is 49.7. The van der Waals surface area contributed by atoms with E-state index < -0.39 is 49.7 Å². The summed E-state index contributed by atoms with van der Waals surface area (Å²) in [6.45, 7) is 5.14. The van der Waals surface area contributed by atoms with Gasteiger partial charge in [0, 0.05) is 12.3 Å². The van der Waals surface area contributed by atoms with E-state index in [9.17, 15) is 30.3 Å². The highest BCUT2D eigenvalue weighted by molar-refractivity contribution is 5.69. The molecule has 1 aliphatic carbocycles. The number of rotatable bonds is 7. The molecule has 10 nitrogen and oxygen atoms in total. The SMILES string of the molecule is CC(C)CC(=O)O[C@@H]1OC=C(CO[C@@H]2O[C@H](CO)[C@@H](O)[C@H](O)[C@H]2O)[C@H]2C[C@H](O)[C@H](C)[C@@H]12. The maximum Gasteiger partial charge on any atom is 0.309 e. The van der Waals surface area contributed by atoms with Gasteiger partial charge >= 0.3 is 5.97 Å². The van der Waals surface area contributed by atoms with E-state index >= 15 is 0 Å². The van der Waals surface area contributed by atoms with Crippen LogP contribution in [0.25, 0.3) is 0 Å². The molecular weight excluding hydrogens is 412 g/mol. The monoisotopic (exact) mass is 446 g/mol. The summed E-state index contributed by atoms with van der Waals surface area (Å²) in [6.07, 6.45) is -6.07. The standard InChI is InChI=1S/C21H34O10/c1-9(2)4-15(24)31-20-16-10(3)13(23)5-12(16)11(7-28-20)8-29-21-19(27)18(26)17(25)14(6-22)30-21/h7,9-10,12-14,16-23,25-27H,4-6,8H2,1-3H3/t10-,12+,13-,14+,16+,17+,18-,19+,20-,21+/m0/s1. The van der Waals surface area contributed by atoms with E-state index in [0.29, 0.717) is 12.0 Å². The molecular formula is C21H34O10. The Kier molecular flexibility index (Phi) is 7.95. The summed E-state index contributed by atoms with van der Waals surface area (Å²) in [5.74, 6) is -0.805. The molecule has 1 saturated carbocycles. The second-order valence-corrected chi connectivity index (χ2v) is 9.14. The lowest BCUT2D eigenvalue weighted by molar-refractivity contribution is -0.299. The smallest absolute Gasteiger partial charge is 0.309 e. The molecule has 10 heteroatoms. The molecule has 2 aliphatic heterocycles. The average Bonchev–Trinajstić information content (AvgIpc) is 3.01. The largest absolute Gasteiger partial charge is 0.462 e. The molecule has 0 aromatic carbocycles. The number of aliphatic hydroxyl groups is 5. The van der Waals surface area contributed by atoms with Crippen molar-refractivity contribution in [2.45, 2.75) is 76.7 Å². The molecule has 0 aromatic heterocycles. The summed E-state index contributed by atoms with van der Waals surface area (Å²) < 4.78 is 22.2. The first-order chi connectivity index (χ1) is 14.6. The van der Waals surface area contributed by atoms with Gasteiger partial charge in [-0.25, -0.2) is 0 Å². The van der Waals surface area contributed by atoms with Crippen molar-refractivity contribution in [3.8, 4) is 0 Å². The van der Waals surface area contributed by atoms with Crippen molar-refractivity contribution in [1.82, 2.24) is 0 Å². The van der Waals surface area contributed by atoms with Crippen molar-refractivity contribution < 1.29 is 49.3 Å². The van der Waals surface area contributed by atoms with E-state index in [1.165, 1.54) is 6.26 Å². The first-order valence-corrected chi connectivity index (χ1v) is 10.8. The molecule has 0 unspecified atom stereocenters. The van der Waals surface area contributed by atoms with Crippen LogP contribution in [0.1, 0.15) is 33.6 Å². The van der Waals surface area contributed by atoms with Crippen LogP contribution in [-0.4, -0.2) is 87.8 Å². The quantitative estimate of drug-likeness (QED) is 0.316. The van der Waals surface area contributed by atoms with Crippen LogP contribution in [0.5, 0.6) is 0 Å².